The minimum atomic E-state index is -4.63. The van der Waals surface area contributed by atoms with E-state index in [1.54, 1.807) is 6.07 Å². The maximum absolute atomic E-state index is 13.5. The third kappa shape index (κ3) is 9.57. The number of anilines is 2. The van der Waals surface area contributed by atoms with E-state index in [1.807, 2.05) is 80.6 Å². The Bertz CT molecular complexity index is 3180. The zero-order valence-electron chi connectivity index (χ0n) is 32.4. The van der Waals surface area contributed by atoms with Crippen molar-refractivity contribution in [3.8, 4) is 33.9 Å². The van der Waals surface area contributed by atoms with Gasteiger partial charge < -0.3 is 0 Å². The largest absolute Gasteiger partial charge is 0.435 e. The molecule has 6 N–H and O–H groups in total. The minimum Gasteiger partial charge on any atom is -0.271 e. The smallest absolute Gasteiger partial charge is 0.271 e. The van der Waals surface area contributed by atoms with Crippen LogP contribution in [-0.4, -0.2) is 36.4 Å². The van der Waals surface area contributed by atoms with Crippen molar-refractivity contribution in [2.75, 3.05) is 9.44 Å². The van der Waals surface area contributed by atoms with Crippen LogP contribution in [0.5, 0.6) is 0 Å². The summed E-state index contributed by atoms with van der Waals surface area (Å²) in [6.45, 7) is 3.76. The molecule has 0 fully saturated rings. The summed E-state index contributed by atoms with van der Waals surface area (Å²) < 4.78 is 132. The van der Waals surface area contributed by atoms with E-state index in [0.29, 0.717) is 22.5 Å². The second kappa shape index (κ2) is 16.3. The average Bonchev–Trinajstić information content (AvgIpc) is 3.85. The lowest BCUT2D eigenvalue weighted by molar-refractivity contribution is -0.142. The van der Waals surface area contributed by atoms with Crippen molar-refractivity contribution in [3.63, 3.8) is 0 Å². The van der Waals surface area contributed by atoms with E-state index in [2.05, 4.69) is 19.6 Å². The number of hydrogen-bond acceptors (Lipinski definition) is 6. The van der Waals surface area contributed by atoms with Crippen molar-refractivity contribution in [2.45, 2.75) is 26.2 Å². The second-order valence-corrected chi connectivity index (χ2v) is 16.6. The molecular formula is C42H34F6N8O4S2. The lowest BCUT2D eigenvalue weighted by Gasteiger charge is -2.13. The van der Waals surface area contributed by atoms with Gasteiger partial charge in [-0.05, 0) is 107 Å². The molecule has 0 aliphatic carbocycles. The summed E-state index contributed by atoms with van der Waals surface area (Å²) in [5.74, 6) is 0. The first-order chi connectivity index (χ1) is 29.1. The fraction of sp³-hybridized carbons (Fsp3) is 0.0952. The molecule has 0 aliphatic rings. The topological polar surface area (TPSA) is 180 Å². The fourth-order valence-electron chi connectivity index (χ4n) is 6.87. The van der Waals surface area contributed by atoms with Crippen LogP contribution in [0.25, 0.3) is 55.4 Å². The van der Waals surface area contributed by atoms with Gasteiger partial charge in [-0.2, -0.15) is 53.4 Å². The molecule has 62 heavy (non-hydrogen) atoms. The van der Waals surface area contributed by atoms with Crippen LogP contribution in [0.2, 0.25) is 0 Å². The number of fused-ring (bicyclic) bond motifs is 2. The summed E-state index contributed by atoms with van der Waals surface area (Å²) in [5.41, 5.74) is 2.51. The first-order valence-electron chi connectivity index (χ1n) is 18.2. The molecule has 0 atom stereocenters. The Morgan fingerprint density at radius 1 is 0.516 bits per heavy atom. The minimum absolute atomic E-state index is 0.178. The molecule has 0 bridgehead atoms. The van der Waals surface area contributed by atoms with E-state index < -0.39 is 44.2 Å². The predicted octanol–water partition coefficient (Wildman–Crippen LogP) is 9.27. The molecule has 20 heteroatoms. The summed E-state index contributed by atoms with van der Waals surface area (Å²) >= 11 is 0. The SMILES string of the molecule is Cc1ccc(-c2cc(C(F)(F)F)nn2-c2ccc(NS(N)(=O)=O)cc2)c2ccccc12.Cc1ccc2ccccc2c1-c1cc(C(F)(F)F)nn1-c1ccc(NS(N)(=O)=O)cc1. The molecular weight excluding hydrogens is 859 g/mol. The van der Waals surface area contributed by atoms with Crippen molar-refractivity contribution >= 4 is 53.3 Å². The number of halogens is 6. The molecule has 0 radical (unpaired) electrons. The van der Waals surface area contributed by atoms with Gasteiger partial charge in [-0.3, -0.25) is 9.44 Å². The highest BCUT2D eigenvalue weighted by Gasteiger charge is 2.37. The molecule has 6 aromatic carbocycles. The third-order valence-corrected chi connectivity index (χ3v) is 10.6. The molecule has 0 amide bonds. The number of aryl methyl sites for hydroxylation is 2. The highest BCUT2D eigenvalue weighted by atomic mass is 32.2. The van der Waals surface area contributed by atoms with E-state index in [9.17, 15) is 43.2 Å². The second-order valence-electron chi connectivity index (χ2n) is 14.0. The van der Waals surface area contributed by atoms with Crippen LogP contribution in [0.3, 0.4) is 0 Å². The Morgan fingerprint density at radius 3 is 1.45 bits per heavy atom. The molecule has 8 aromatic rings. The van der Waals surface area contributed by atoms with Gasteiger partial charge >= 0.3 is 12.4 Å². The lowest BCUT2D eigenvalue weighted by atomic mass is 9.97. The van der Waals surface area contributed by atoms with Crippen LogP contribution in [-0.2, 0) is 32.8 Å². The Hall–Kier alpha value is -6.74. The van der Waals surface area contributed by atoms with Crippen molar-refractivity contribution < 1.29 is 43.2 Å². The summed E-state index contributed by atoms with van der Waals surface area (Å²) in [4.78, 5) is 0. The first-order valence-corrected chi connectivity index (χ1v) is 21.3. The van der Waals surface area contributed by atoms with Gasteiger partial charge in [0.25, 0.3) is 20.4 Å². The van der Waals surface area contributed by atoms with Crippen molar-refractivity contribution in [3.05, 3.63) is 156 Å². The molecule has 2 aromatic heterocycles. The number of nitrogens with one attached hydrogen (secondary N) is 2. The van der Waals surface area contributed by atoms with Gasteiger partial charge in [0, 0.05) is 22.5 Å². The molecule has 0 saturated heterocycles. The highest BCUT2D eigenvalue weighted by molar-refractivity contribution is 7.90. The van der Waals surface area contributed by atoms with Crippen molar-refractivity contribution in [1.29, 1.82) is 0 Å². The first kappa shape index (κ1) is 43.4. The van der Waals surface area contributed by atoms with Crippen LogP contribution in [0.1, 0.15) is 22.5 Å². The summed E-state index contributed by atoms with van der Waals surface area (Å²) in [6, 6.07) is 35.7. The van der Waals surface area contributed by atoms with Crippen molar-refractivity contribution in [1.82, 2.24) is 19.6 Å². The Labute approximate surface area is 350 Å². The van der Waals surface area contributed by atoms with Crippen LogP contribution < -0.4 is 19.7 Å². The number of rotatable bonds is 8. The molecule has 0 saturated carbocycles. The molecule has 0 spiro atoms. The maximum atomic E-state index is 13.5. The van der Waals surface area contributed by atoms with Gasteiger partial charge in [-0.1, -0.05) is 72.8 Å². The summed E-state index contributed by atoms with van der Waals surface area (Å²) in [5, 5.41) is 20.9. The normalized spacial score (nSPS) is 12.3. The maximum Gasteiger partial charge on any atom is 0.435 e. The molecule has 0 aliphatic heterocycles. The number of benzene rings is 6. The number of aromatic nitrogens is 4. The summed E-state index contributed by atoms with van der Waals surface area (Å²) in [7, 11) is -7.94. The summed E-state index contributed by atoms with van der Waals surface area (Å²) in [6.07, 6.45) is -9.26. The van der Waals surface area contributed by atoms with Gasteiger partial charge in [0.2, 0.25) is 0 Å². The predicted molar refractivity (Wildman–Crippen MR) is 226 cm³/mol. The Balaban J connectivity index is 0.000000186. The number of nitrogens with two attached hydrogens (primary N) is 2. The van der Waals surface area contributed by atoms with Gasteiger partial charge in [0.1, 0.15) is 0 Å². The van der Waals surface area contributed by atoms with Gasteiger partial charge in [-0.15, -0.1) is 0 Å². The number of hydrogen-bond donors (Lipinski definition) is 4. The van der Waals surface area contributed by atoms with Crippen molar-refractivity contribution in [2.24, 2.45) is 10.3 Å². The quantitative estimate of drug-likeness (QED) is 0.110. The standard InChI is InChI=1S/2C21H17F3N4O2S/c1-13-6-11-18(17-5-3-2-4-16(13)17)19-12-20(21(22,23)24)26-28(19)15-9-7-14(8-10-15)27-31(25,29)30;1-13-6-7-14-4-2-3-5-17(14)20(13)18-12-19(21(22,23)24)26-28(18)16-10-8-15(9-11-16)27-31(25,29)30/h2*2-12,27H,1H3,(H2,25,29,30). The van der Waals surface area contributed by atoms with E-state index in [4.69, 9.17) is 10.3 Å². The lowest BCUT2D eigenvalue weighted by Crippen LogP contribution is -2.21. The van der Waals surface area contributed by atoms with Gasteiger partial charge in [0.05, 0.1) is 22.8 Å². The Morgan fingerprint density at radius 2 is 0.952 bits per heavy atom. The zero-order valence-corrected chi connectivity index (χ0v) is 34.0. The monoisotopic (exact) mass is 892 g/mol. The third-order valence-electron chi connectivity index (χ3n) is 9.56. The number of alkyl halides is 6. The van der Waals surface area contributed by atoms with Gasteiger partial charge in [0.15, 0.2) is 11.4 Å². The van der Waals surface area contributed by atoms with Crippen LogP contribution in [0.4, 0.5) is 37.7 Å². The molecule has 12 nitrogen and oxygen atoms in total. The average molecular weight is 893 g/mol. The Kier molecular flexibility index (Phi) is 11.4. The zero-order chi connectivity index (χ0) is 44.8. The van der Waals surface area contributed by atoms with E-state index >= 15 is 0 Å². The van der Waals surface area contributed by atoms with E-state index in [0.717, 1.165) is 44.8 Å². The molecule has 0 unspecified atom stereocenters. The molecule has 2 heterocycles. The molecule has 320 valence electrons. The highest BCUT2D eigenvalue weighted by Crippen LogP contribution is 2.39. The van der Waals surface area contributed by atoms with Crippen LogP contribution >= 0.6 is 0 Å². The van der Waals surface area contributed by atoms with Crippen LogP contribution in [0, 0.1) is 13.8 Å². The van der Waals surface area contributed by atoms with Crippen LogP contribution in [0.15, 0.2) is 133 Å². The fourth-order valence-corrected chi connectivity index (χ4v) is 7.80. The van der Waals surface area contributed by atoms with Gasteiger partial charge in [-0.25, -0.2) is 19.6 Å². The van der Waals surface area contributed by atoms with E-state index in [1.165, 1.54) is 57.9 Å². The van der Waals surface area contributed by atoms with E-state index in [-0.39, 0.29) is 22.8 Å². The molecule has 8 rings (SSSR count). The number of nitrogens with zero attached hydrogens (tertiary/aromatic N) is 4.